The van der Waals surface area contributed by atoms with Gasteiger partial charge in [0.15, 0.2) is 0 Å². The minimum atomic E-state index is 0.00389. The summed E-state index contributed by atoms with van der Waals surface area (Å²) in [5.41, 5.74) is 0.00389. The molecule has 0 amide bonds. The van der Waals surface area contributed by atoms with Gasteiger partial charge in [-0.1, -0.05) is 0 Å². The van der Waals surface area contributed by atoms with E-state index >= 15 is 0 Å². The Bertz CT molecular complexity index is 376. The SMILES string of the molecule is O=c1n([C@H]2CCNC2)cnn1[C@@H]1CCOC1. The largest absolute Gasteiger partial charge is 0.379 e. The zero-order chi connectivity index (χ0) is 11.0. The summed E-state index contributed by atoms with van der Waals surface area (Å²) in [6, 6.07) is 0.395. The summed E-state index contributed by atoms with van der Waals surface area (Å²) in [5, 5.41) is 7.46. The molecular weight excluding hydrogens is 208 g/mol. The summed E-state index contributed by atoms with van der Waals surface area (Å²) >= 11 is 0. The molecule has 1 aromatic rings. The van der Waals surface area contributed by atoms with Gasteiger partial charge in [-0.3, -0.25) is 4.57 Å². The average molecular weight is 224 g/mol. The van der Waals surface area contributed by atoms with Crippen LogP contribution >= 0.6 is 0 Å². The fourth-order valence-electron chi connectivity index (χ4n) is 2.42. The van der Waals surface area contributed by atoms with Crippen molar-refractivity contribution in [2.75, 3.05) is 26.3 Å². The zero-order valence-electron chi connectivity index (χ0n) is 9.13. The van der Waals surface area contributed by atoms with Gasteiger partial charge in [-0.05, 0) is 19.4 Å². The summed E-state index contributed by atoms with van der Waals surface area (Å²) in [4.78, 5) is 12.1. The van der Waals surface area contributed by atoms with Gasteiger partial charge in [0.1, 0.15) is 6.33 Å². The van der Waals surface area contributed by atoms with Crippen molar-refractivity contribution in [2.24, 2.45) is 0 Å². The summed E-state index contributed by atoms with van der Waals surface area (Å²) in [7, 11) is 0. The van der Waals surface area contributed by atoms with Gasteiger partial charge in [-0.25, -0.2) is 9.48 Å². The normalized spacial score (nSPS) is 30.0. The quantitative estimate of drug-likeness (QED) is 0.738. The molecule has 2 aliphatic heterocycles. The number of hydrogen-bond acceptors (Lipinski definition) is 4. The Labute approximate surface area is 93.2 Å². The van der Waals surface area contributed by atoms with Gasteiger partial charge >= 0.3 is 5.69 Å². The molecule has 3 rings (SSSR count). The van der Waals surface area contributed by atoms with Gasteiger partial charge in [-0.2, -0.15) is 5.10 Å². The minimum absolute atomic E-state index is 0.00389. The molecule has 0 unspecified atom stereocenters. The Morgan fingerprint density at radius 2 is 2.38 bits per heavy atom. The Hall–Kier alpha value is -1.14. The third-order valence-corrected chi connectivity index (χ3v) is 3.40. The fourth-order valence-corrected chi connectivity index (χ4v) is 2.42. The molecule has 2 atom stereocenters. The molecule has 16 heavy (non-hydrogen) atoms. The van der Waals surface area contributed by atoms with Crippen molar-refractivity contribution >= 4 is 0 Å². The van der Waals surface area contributed by atoms with E-state index in [-0.39, 0.29) is 17.8 Å². The monoisotopic (exact) mass is 224 g/mol. The molecule has 0 spiro atoms. The number of nitrogens with one attached hydrogen (secondary N) is 1. The van der Waals surface area contributed by atoms with Crippen molar-refractivity contribution in [3.8, 4) is 0 Å². The molecule has 1 aromatic heterocycles. The maximum Gasteiger partial charge on any atom is 0.346 e. The fraction of sp³-hybridized carbons (Fsp3) is 0.800. The van der Waals surface area contributed by atoms with E-state index < -0.39 is 0 Å². The van der Waals surface area contributed by atoms with Gasteiger partial charge < -0.3 is 10.1 Å². The average Bonchev–Trinajstić information content (AvgIpc) is 2.96. The van der Waals surface area contributed by atoms with E-state index in [1.54, 1.807) is 15.6 Å². The van der Waals surface area contributed by atoms with E-state index in [2.05, 4.69) is 10.4 Å². The van der Waals surface area contributed by atoms with Gasteiger partial charge in [0.2, 0.25) is 0 Å². The van der Waals surface area contributed by atoms with E-state index in [1.165, 1.54) is 0 Å². The number of aromatic nitrogens is 3. The molecule has 3 heterocycles. The predicted octanol–water partition coefficient (Wildman–Crippen LogP) is -0.459. The maximum atomic E-state index is 12.1. The van der Waals surface area contributed by atoms with Crippen LogP contribution in [-0.2, 0) is 4.74 Å². The summed E-state index contributed by atoms with van der Waals surface area (Å²) < 4.78 is 8.60. The third-order valence-electron chi connectivity index (χ3n) is 3.40. The Balaban J connectivity index is 1.87. The van der Waals surface area contributed by atoms with Crippen LogP contribution in [0, 0.1) is 0 Å². The third kappa shape index (κ3) is 1.58. The summed E-state index contributed by atoms with van der Waals surface area (Å²) in [6.45, 7) is 3.19. The van der Waals surface area contributed by atoms with Gasteiger partial charge in [0.05, 0.1) is 18.7 Å². The van der Waals surface area contributed by atoms with Crippen molar-refractivity contribution < 1.29 is 4.74 Å². The van der Waals surface area contributed by atoms with Crippen LogP contribution in [0.1, 0.15) is 24.9 Å². The van der Waals surface area contributed by atoms with Crippen LogP contribution in [0.3, 0.4) is 0 Å². The number of ether oxygens (including phenoxy) is 1. The van der Waals surface area contributed by atoms with Crippen molar-refractivity contribution in [2.45, 2.75) is 24.9 Å². The van der Waals surface area contributed by atoms with Crippen LogP contribution in [0.25, 0.3) is 0 Å². The minimum Gasteiger partial charge on any atom is -0.379 e. The molecule has 2 aliphatic rings. The lowest BCUT2D eigenvalue weighted by molar-refractivity contribution is 0.183. The van der Waals surface area contributed by atoms with Crippen LogP contribution in [-0.4, -0.2) is 40.7 Å². The maximum absolute atomic E-state index is 12.1. The first-order chi connectivity index (χ1) is 7.86. The molecule has 0 aliphatic carbocycles. The van der Waals surface area contributed by atoms with Gasteiger partial charge in [0.25, 0.3) is 0 Å². The van der Waals surface area contributed by atoms with Crippen LogP contribution in [0.4, 0.5) is 0 Å². The first kappa shape index (κ1) is 10.0. The summed E-state index contributed by atoms with van der Waals surface area (Å²) in [6.07, 6.45) is 3.56. The van der Waals surface area contributed by atoms with E-state index in [4.69, 9.17) is 4.74 Å². The van der Waals surface area contributed by atoms with Crippen LogP contribution in [0.15, 0.2) is 11.1 Å². The van der Waals surface area contributed by atoms with E-state index in [0.717, 1.165) is 32.5 Å². The smallest absolute Gasteiger partial charge is 0.346 e. The highest BCUT2D eigenvalue weighted by Gasteiger charge is 2.24. The predicted molar refractivity (Wildman–Crippen MR) is 57.5 cm³/mol. The second kappa shape index (κ2) is 4.03. The highest BCUT2D eigenvalue weighted by atomic mass is 16.5. The van der Waals surface area contributed by atoms with Crippen LogP contribution in [0.2, 0.25) is 0 Å². The molecule has 0 aromatic carbocycles. The number of hydrogen-bond donors (Lipinski definition) is 1. The lowest BCUT2D eigenvalue weighted by Gasteiger charge is -2.08. The topological polar surface area (TPSA) is 61.1 Å². The molecule has 2 fully saturated rings. The highest BCUT2D eigenvalue weighted by Crippen LogP contribution is 2.17. The molecule has 6 heteroatoms. The Morgan fingerprint density at radius 1 is 1.44 bits per heavy atom. The molecule has 0 radical (unpaired) electrons. The van der Waals surface area contributed by atoms with Gasteiger partial charge in [-0.15, -0.1) is 0 Å². The molecule has 88 valence electrons. The van der Waals surface area contributed by atoms with Crippen molar-refractivity contribution in [1.82, 2.24) is 19.7 Å². The lowest BCUT2D eigenvalue weighted by atomic mass is 10.2. The van der Waals surface area contributed by atoms with Crippen molar-refractivity contribution in [3.05, 3.63) is 16.8 Å². The van der Waals surface area contributed by atoms with E-state index in [1.807, 2.05) is 0 Å². The molecule has 6 nitrogen and oxygen atoms in total. The second-order valence-corrected chi connectivity index (χ2v) is 4.43. The first-order valence-electron chi connectivity index (χ1n) is 5.80. The number of nitrogens with zero attached hydrogens (tertiary/aromatic N) is 3. The number of rotatable bonds is 2. The van der Waals surface area contributed by atoms with Crippen molar-refractivity contribution in [1.29, 1.82) is 0 Å². The Morgan fingerprint density at radius 3 is 3.06 bits per heavy atom. The van der Waals surface area contributed by atoms with Gasteiger partial charge in [0, 0.05) is 13.2 Å². The highest BCUT2D eigenvalue weighted by molar-refractivity contribution is 4.84. The van der Waals surface area contributed by atoms with E-state index in [0.29, 0.717) is 6.61 Å². The van der Waals surface area contributed by atoms with Crippen LogP contribution in [0.5, 0.6) is 0 Å². The van der Waals surface area contributed by atoms with Crippen LogP contribution < -0.4 is 11.0 Å². The molecule has 2 saturated heterocycles. The first-order valence-corrected chi connectivity index (χ1v) is 5.80. The lowest BCUT2D eigenvalue weighted by Crippen LogP contribution is -2.31. The second-order valence-electron chi connectivity index (χ2n) is 4.43. The zero-order valence-corrected chi connectivity index (χ0v) is 9.13. The molecular formula is C10H16N4O2. The molecule has 0 bridgehead atoms. The molecule has 0 saturated carbocycles. The van der Waals surface area contributed by atoms with E-state index in [9.17, 15) is 4.79 Å². The standard InChI is InChI=1S/C10H16N4O2/c15-10-13(8-1-3-11-5-8)7-12-14(10)9-2-4-16-6-9/h7-9,11H,1-6H2/t8-,9+/m0/s1. The van der Waals surface area contributed by atoms with Crippen molar-refractivity contribution in [3.63, 3.8) is 0 Å². The Kier molecular flexibility index (Phi) is 2.53. The summed E-state index contributed by atoms with van der Waals surface area (Å²) in [5.74, 6) is 0. The molecule has 1 N–H and O–H groups in total.